The molecule has 0 aromatic heterocycles. The number of fused-ring (bicyclic) bond motifs is 2. The van der Waals surface area contributed by atoms with E-state index in [0.717, 1.165) is 23.7 Å². The summed E-state index contributed by atoms with van der Waals surface area (Å²) in [7, 11) is 0. The minimum Gasteiger partial charge on any atom is -0.457 e. The van der Waals surface area contributed by atoms with E-state index in [9.17, 15) is 4.79 Å². The smallest absolute Gasteiger partial charge is 0.255 e. The molecule has 0 atom stereocenters. The fourth-order valence-electron chi connectivity index (χ4n) is 4.75. The van der Waals surface area contributed by atoms with Gasteiger partial charge in [0.15, 0.2) is 0 Å². The van der Waals surface area contributed by atoms with Gasteiger partial charge in [0.2, 0.25) is 0 Å². The first-order valence-corrected chi connectivity index (χ1v) is 10.7. The third kappa shape index (κ3) is 3.65. The van der Waals surface area contributed by atoms with Gasteiger partial charge in [-0.3, -0.25) is 4.79 Å². The van der Waals surface area contributed by atoms with E-state index in [4.69, 9.17) is 4.74 Å². The molecule has 0 unspecified atom stereocenters. The van der Waals surface area contributed by atoms with Gasteiger partial charge in [0, 0.05) is 28.9 Å². The van der Waals surface area contributed by atoms with Gasteiger partial charge in [-0.15, -0.1) is 0 Å². The van der Waals surface area contributed by atoms with Crippen LogP contribution in [0.2, 0.25) is 0 Å². The van der Waals surface area contributed by atoms with Gasteiger partial charge < -0.3 is 15.4 Å². The Bertz CT molecular complexity index is 1030. The Labute approximate surface area is 177 Å². The number of carbonyl (C=O) groups excluding carboxylic acids is 1. The number of hydrogen-bond donors (Lipinski definition) is 2. The Kier molecular flexibility index (Phi) is 4.91. The van der Waals surface area contributed by atoms with Crippen LogP contribution in [0.3, 0.4) is 0 Å². The lowest BCUT2D eigenvalue weighted by atomic mass is 9.70. The van der Waals surface area contributed by atoms with Crippen molar-refractivity contribution in [3.8, 4) is 11.5 Å². The first-order chi connectivity index (χ1) is 14.7. The predicted molar refractivity (Wildman–Crippen MR) is 121 cm³/mol. The Morgan fingerprint density at radius 2 is 1.60 bits per heavy atom. The molecule has 0 saturated heterocycles. The summed E-state index contributed by atoms with van der Waals surface area (Å²) in [6.07, 6.45) is 6.28. The molecule has 3 aromatic carbocycles. The van der Waals surface area contributed by atoms with Gasteiger partial charge in [-0.05, 0) is 73.0 Å². The highest BCUT2D eigenvalue weighted by Gasteiger charge is 2.39. The summed E-state index contributed by atoms with van der Waals surface area (Å²) in [5.74, 6) is 1.45. The summed E-state index contributed by atoms with van der Waals surface area (Å²) in [5.41, 5.74) is 4.19. The molecule has 4 nitrogen and oxygen atoms in total. The average molecular weight is 399 g/mol. The molecule has 1 aliphatic carbocycles. The first kappa shape index (κ1) is 18.7. The van der Waals surface area contributed by atoms with Gasteiger partial charge in [-0.2, -0.15) is 0 Å². The number of hydrogen-bond acceptors (Lipinski definition) is 3. The number of rotatable bonds is 4. The van der Waals surface area contributed by atoms with Crippen LogP contribution in [0.25, 0.3) is 0 Å². The van der Waals surface area contributed by atoms with Crippen molar-refractivity contribution >= 4 is 17.3 Å². The average Bonchev–Trinajstić information content (AvgIpc) is 3.13. The molecule has 4 heteroatoms. The maximum atomic E-state index is 12.9. The van der Waals surface area contributed by atoms with Crippen molar-refractivity contribution in [2.24, 2.45) is 0 Å². The van der Waals surface area contributed by atoms with Crippen LogP contribution in [-0.2, 0) is 5.41 Å². The van der Waals surface area contributed by atoms with E-state index in [1.54, 1.807) is 0 Å². The number of benzene rings is 3. The highest BCUT2D eigenvalue weighted by molar-refractivity contribution is 6.04. The van der Waals surface area contributed by atoms with Crippen LogP contribution in [0.5, 0.6) is 11.5 Å². The van der Waals surface area contributed by atoms with Gasteiger partial charge >= 0.3 is 0 Å². The van der Waals surface area contributed by atoms with Crippen LogP contribution in [0, 0.1) is 0 Å². The van der Waals surface area contributed by atoms with Crippen LogP contribution < -0.4 is 15.4 Å². The molecule has 0 bridgehead atoms. The molecule has 0 radical (unpaired) electrons. The summed E-state index contributed by atoms with van der Waals surface area (Å²) in [6, 6.07) is 23.2. The highest BCUT2D eigenvalue weighted by atomic mass is 16.5. The molecule has 30 heavy (non-hydrogen) atoms. The molecule has 1 amide bonds. The molecule has 1 heterocycles. The molecule has 152 valence electrons. The van der Waals surface area contributed by atoms with E-state index in [1.807, 2.05) is 60.7 Å². The van der Waals surface area contributed by atoms with Crippen LogP contribution >= 0.6 is 0 Å². The Hall–Kier alpha value is -3.27. The van der Waals surface area contributed by atoms with Gasteiger partial charge in [0.25, 0.3) is 5.91 Å². The zero-order chi connectivity index (χ0) is 20.4. The number of para-hydroxylation sites is 1. The normalized spacial score (nSPS) is 16.5. The van der Waals surface area contributed by atoms with E-state index in [2.05, 4.69) is 22.8 Å². The zero-order valence-corrected chi connectivity index (χ0v) is 17.0. The molecule has 3 aromatic rings. The lowest BCUT2D eigenvalue weighted by molar-refractivity contribution is 0.102. The summed E-state index contributed by atoms with van der Waals surface area (Å²) >= 11 is 0. The number of amides is 1. The Morgan fingerprint density at radius 3 is 2.37 bits per heavy atom. The fourth-order valence-corrected chi connectivity index (χ4v) is 4.75. The topological polar surface area (TPSA) is 50.4 Å². The minimum atomic E-state index is -0.0765. The molecule has 5 rings (SSSR count). The van der Waals surface area contributed by atoms with E-state index >= 15 is 0 Å². The van der Waals surface area contributed by atoms with Crippen molar-refractivity contribution in [2.75, 3.05) is 17.2 Å². The Balaban J connectivity index is 1.30. The van der Waals surface area contributed by atoms with Crippen molar-refractivity contribution in [2.45, 2.75) is 37.5 Å². The molecule has 1 aliphatic heterocycles. The second-order valence-corrected chi connectivity index (χ2v) is 8.35. The van der Waals surface area contributed by atoms with Crippen molar-refractivity contribution in [1.29, 1.82) is 0 Å². The predicted octanol–water partition coefficient (Wildman–Crippen LogP) is 6.36. The molecule has 1 fully saturated rings. The number of carbonyl (C=O) groups is 1. The van der Waals surface area contributed by atoms with E-state index < -0.39 is 0 Å². The SMILES string of the molecule is O=C(Nc1ccc(Oc2ccccc2)cc1)c1ccc2c(c1)C1(CCCCC1)CN2. The third-order valence-electron chi connectivity index (χ3n) is 6.37. The Morgan fingerprint density at radius 1 is 0.867 bits per heavy atom. The van der Waals surface area contributed by atoms with E-state index in [0.29, 0.717) is 5.56 Å². The van der Waals surface area contributed by atoms with Gasteiger partial charge in [0.05, 0.1) is 0 Å². The molecule has 1 saturated carbocycles. The van der Waals surface area contributed by atoms with Crippen molar-refractivity contribution in [3.63, 3.8) is 0 Å². The number of nitrogens with one attached hydrogen (secondary N) is 2. The van der Waals surface area contributed by atoms with Gasteiger partial charge in [0.1, 0.15) is 11.5 Å². The van der Waals surface area contributed by atoms with Crippen LogP contribution in [0.1, 0.15) is 48.0 Å². The highest BCUT2D eigenvalue weighted by Crippen LogP contribution is 2.46. The monoisotopic (exact) mass is 398 g/mol. The second-order valence-electron chi connectivity index (χ2n) is 8.35. The van der Waals surface area contributed by atoms with Crippen molar-refractivity contribution in [3.05, 3.63) is 83.9 Å². The van der Waals surface area contributed by atoms with Crippen molar-refractivity contribution in [1.82, 2.24) is 0 Å². The van der Waals surface area contributed by atoms with Gasteiger partial charge in [-0.1, -0.05) is 37.5 Å². The molecule has 2 N–H and O–H groups in total. The third-order valence-corrected chi connectivity index (χ3v) is 6.37. The lowest BCUT2D eigenvalue weighted by Crippen LogP contribution is -2.31. The molecular formula is C26H26N2O2. The molecular weight excluding hydrogens is 372 g/mol. The quantitative estimate of drug-likeness (QED) is 0.538. The lowest BCUT2D eigenvalue weighted by Gasteiger charge is -2.33. The standard InChI is InChI=1S/C26H26N2O2/c29-25(28-20-10-12-22(13-11-20)30-21-7-3-1-4-8-21)19-9-14-24-23(17-19)26(18-27-24)15-5-2-6-16-26/h1,3-4,7-14,17,27H,2,5-6,15-16,18H2,(H,28,29). The number of ether oxygens (including phenoxy) is 1. The van der Waals surface area contributed by atoms with Crippen LogP contribution in [0.15, 0.2) is 72.8 Å². The van der Waals surface area contributed by atoms with E-state index in [-0.39, 0.29) is 11.3 Å². The maximum absolute atomic E-state index is 12.9. The fraction of sp³-hybridized carbons (Fsp3) is 0.269. The number of anilines is 2. The zero-order valence-electron chi connectivity index (χ0n) is 17.0. The van der Waals surface area contributed by atoms with Crippen molar-refractivity contribution < 1.29 is 9.53 Å². The first-order valence-electron chi connectivity index (χ1n) is 10.7. The largest absolute Gasteiger partial charge is 0.457 e. The maximum Gasteiger partial charge on any atom is 0.255 e. The summed E-state index contributed by atoms with van der Waals surface area (Å²) < 4.78 is 5.82. The van der Waals surface area contributed by atoms with E-state index in [1.165, 1.54) is 43.4 Å². The second kappa shape index (κ2) is 7.86. The van der Waals surface area contributed by atoms with Crippen LogP contribution in [0.4, 0.5) is 11.4 Å². The van der Waals surface area contributed by atoms with Crippen LogP contribution in [-0.4, -0.2) is 12.5 Å². The minimum absolute atomic E-state index is 0.0765. The summed E-state index contributed by atoms with van der Waals surface area (Å²) in [6.45, 7) is 0.996. The molecule has 1 spiro atoms. The summed E-state index contributed by atoms with van der Waals surface area (Å²) in [4.78, 5) is 12.9. The molecule has 2 aliphatic rings. The van der Waals surface area contributed by atoms with Gasteiger partial charge in [-0.25, -0.2) is 0 Å². The summed E-state index contributed by atoms with van der Waals surface area (Å²) in [5, 5.41) is 6.57.